The highest BCUT2D eigenvalue weighted by Crippen LogP contribution is 2.12. The van der Waals surface area contributed by atoms with Gasteiger partial charge in [-0.2, -0.15) is 0 Å². The number of benzene rings is 2. The van der Waals surface area contributed by atoms with E-state index in [0.29, 0.717) is 16.8 Å². The molecule has 2 aromatic carbocycles. The summed E-state index contributed by atoms with van der Waals surface area (Å²) in [6.07, 6.45) is 0.857. The molecule has 0 heterocycles. The monoisotopic (exact) mass is 433 g/mol. The van der Waals surface area contributed by atoms with E-state index in [2.05, 4.69) is 31.9 Å². The van der Waals surface area contributed by atoms with Crippen LogP contribution in [-0.2, 0) is 0 Å². The van der Waals surface area contributed by atoms with Gasteiger partial charge in [-0.25, -0.2) is 0 Å². The molecular formula is C19H20BrN3O2S. The van der Waals surface area contributed by atoms with Crippen molar-refractivity contribution in [1.29, 1.82) is 0 Å². The second-order valence-electron chi connectivity index (χ2n) is 5.78. The molecule has 0 saturated carbocycles. The number of hydrogen-bond donors (Lipinski definition) is 3. The molecule has 0 saturated heterocycles. The average molecular weight is 434 g/mol. The predicted octanol–water partition coefficient (Wildman–Crippen LogP) is 4.10. The molecule has 0 fully saturated rings. The van der Waals surface area contributed by atoms with E-state index < -0.39 is 0 Å². The lowest BCUT2D eigenvalue weighted by molar-refractivity contribution is 0.0937. The highest BCUT2D eigenvalue weighted by atomic mass is 79.9. The van der Waals surface area contributed by atoms with Gasteiger partial charge in [0.05, 0.1) is 0 Å². The van der Waals surface area contributed by atoms with Crippen LogP contribution in [0.2, 0.25) is 0 Å². The van der Waals surface area contributed by atoms with E-state index in [-0.39, 0.29) is 23.0 Å². The summed E-state index contributed by atoms with van der Waals surface area (Å²) in [6, 6.07) is 14.0. The summed E-state index contributed by atoms with van der Waals surface area (Å²) in [5.74, 6) is -0.450. The van der Waals surface area contributed by atoms with E-state index in [4.69, 9.17) is 12.2 Å². The zero-order valence-corrected chi connectivity index (χ0v) is 16.9. The Hall–Kier alpha value is -2.25. The molecule has 0 spiro atoms. The van der Waals surface area contributed by atoms with Crippen LogP contribution >= 0.6 is 28.1 Å². The first kappa shape index (κ1) is 20.1. The number of amides is 2. The molecule has 0 bridgehead atoms. The van der Waals surface area contributed by atoms with Gasteiger partial charge in [0.1, 0.15) is 0 Å². The molecule has 26 heavy (non-hydrogen) atoms. The summed E-state index contributed by atoms with van der Waals surface area (Å²) in [5, 5.41) is 8.62. The second-order valence-corrected chi connectivity index (χ2v) is 7.10. The van der Waals surface area contributed by atoms with E-state index in [1.165, 1.54) is 0 Å². The summed E-state index contributed by atoms with van der Waals surface area (Å²) in [6.45, 7) is 3.96. The Labute approximate surface area is 166 Å². The maximum atomic E-state index is 12.2. The van der Waals surface area contributed by atoms with Gasteiger partial charge in [0.25, 0.3) is 11.8 Å². The normalized spacial score (nSPS) is 11.3. The molecule has 0 aromatic heterocycles. The van der Waals surface area contributed by atoms with Crippen LogP contribution in [0.25, 0.3) is 0 Å². The van der Waals surface area contributed by atoms with Gasteiger partial charge in [0.2, 0.25) is 0 Å². The number of thiocarbonyl (C=S) groups is 1. The lowest BCUT2D eigenvalue weighted by Crippen LogP contribution is -2.34. The van der Waals surface area contributed by atoms with Crippen LogP contribution in [0.1, 0.15) is 41.0 Å². The van der Waals surface area contributed by atoms with Crippen LogP contribution in [0.15, 0.2) is 53.0 Å². The lowest BCUT2D eigenvalue weighted by Gasteiger charge is -2.13. The molecule has 3 N–H and O–H groups in total. The third-order valence-electron chi connectivity index (χ3n) is 3.71. The largest absolute Gasteiger partial charge is 0.350 e. The Balaban J connectivity index is 1.98. The fraction of sp³-hybridized carbons (Fsp3) is 0.211. The number of anilines is 1. The first-order valence-corrected chi connectivity index (χ1v) is 9.38. The van der Waals surface area contributed by atoms with E-state index in [9.17, 15) is 9.59 Å². The highest BCUT2D eigenvalue weighted by molar-refractivity contribution is 9.10. The van der Waals surface area contributed by atoms with Crippen molar-refractivity contribution >= 4 is 50.8 Å². The first-order valence-electron chi connectivity index (χ1n) is 8.18. The van der Waals surface area contributed by atoms with Crippen LogP contribution in [0, 0.1) is 0 Å². The fourth-order valence-corrected chi connectivity index (χ4v) is 2.56. The molecular weight excluding hydrogens is 414 g/mol. The smallest absolute Gasteiger partial charge is 0.257 e. The Kier molecular flexibility index (Phi) is 7.29. The number of rotatable bonds is 5. The van der Waals surface area contributed by atoms with Gasteiger partial charge in [-0.1, -0.05) is 28.9 Å². The fourth-order valence-electron chi connectivity index (χ4n) is 2.09. The van der Waals surface area contributed by atoms with Crippen molar-refractivity contribution in [2.75, 3.05) is 5.32 Å². The molecule has 2 aromatic rings. The number of nitrogens with one attached hydrogen (secondary N) is 3. The molecule has 1 unspecified atom stereocenters. The SMILES string of the molecule is CCC(C)NC(=O)c1cccc(NC(=S)NC(=O)c2ccc(Br)cc2)c1. The van der Waals surface area contributed by atoms with Crippen LogP contribution in [0.3, 0.4) is 0 Å². The Morgan fingerprint density at radius 3 is 2.42 bits per heavy atom. The number of carbonyl (C=O) groups excluding carboxylic acids is 2. The molecule has 136 valence electrons. The first-order chi connectivity index (χ1) is 12.4. The van der Waals surface area contributed by atoms with Crippen molar-refractivity contribution in [3.8, 4) is 0 Å². The summed E-state index contributed by atoms with van der Waals surface area (Å²) in [7, 11) is 0. The van der Waals surface area contributed by atoms with Gasteiger partial charge in [-0.05, 0) is 68.0 Å². The highest BCUT2D eigenvalue weighted by Gasteiger charge is 2.11. The molecule has 2 rings (SSSR count). The minimum atomic E-state index is -0.305. The molecule has 7 heteroatoms. The Morgan fingerprint density at radius 2 is 1.77 bits per heavy atom. The van der Waals surface area contributed by atoms with Crippen LogP contribution in [0.4, 0.5) is 5.69 Å². The van der Waals surface area contributed by atoms with Crippen LogP contribution in [-0.4, -0.2) is 23.0 Å². The predicted molar refractivity (Wildman–Crippen MR) is 111 cm³/mol. The zero-order valence-electron chi connectivity index (χ0n) is 14.5. The van der Waals surface area contributed by atoms with Gasteiger partial charge in [0, 0.05) is 27.3 Å². The van der Waals surface area contributed by atoms with Crippen molar-refractivity contribution in [3.63, 3.8) is 0 Å². The van der Waals surface area contributed by atoms with Gasteiger partial charge >= 0.3 is 0 Å². The number of hydrogen-bond acceptors (Lipinski definition) is 3. The molecule has 1 atom stereocenters. The third kappa shape index (κ3) is 5.93. The molecule has 0 radical (unpaired) electrons. The second kappa shape index (κ2) is 9.45. The minimum absolute atomic E-state index is 0.102. The molecule has 2 amide bonds. The van der Waals surface area contributed by atoms with Gasteiger partial charge in [0.15, 0.2) is 5.11 Å². The van der Waals surface area contributed by atoms with Crippen molar-refractivity contribution in [2.45, 2.75) is 26.3 Å². The summed E-state index contributed by atoms with van der Waals surface area (Å²) < 4.78 is 0.891. The average Bonchev–Trinajstić information content (AvgIpc) is 2.62. The molecule has 0 aliphatic heterocycles. The van der Waals surface area contributed by atoms with E-state index >= 15 is 0 Å². The molecule has 0 aliphatic carbocycles. The Morgan fingerprint density at radius 1 is 1.08 bits per heavy atom. The van der Waals surface area contributed by atoms with Crippen LogP contribution in [0.5, 0.6) is 0 Å². The lowest BCUT2D eigenvalue weighted by atomic mass is 10.1. The van der Waals surface area contributed by atoms with Crippen molar-refractivity contribution < 1.29 is 9.59 Å². The van der Waals surface area contributed by atoms with Crippen molar-refractivity contribution in [2.24, 2.45) is 0 Å². The van der Waals surface area contributed by atoms with Crippen molar-refractivity contribution in [1.82, 2.24) is 10.6 Å². The van der Waals surface area contributed by atoms with Gasteiger partial charge < -0.3 is 10.6 Å². The van der Waals surface area contributed by atoms with E-state index in [1.54, 1.807) is 48.5 Å². The minimum Gasteiger partial charge on any atom is -0.350 e. The summed E-state index contributed by atoms with van der Waals surface area (Å²) in [5.41, 5.74) is 1.65. The van der Waals surface area contributed by atoms with Gasteiger partial charge in [-0.3, -0.25) is 14.9 Å². The van der Waals surface area contributed by atoms with Gasteiger partial charge in [-0.15, -0.1) is 0 Å². The van der Waals surface area contributed by atoms with E-state index in [0.717, 1.165) is 10.9 Å². The summed E-state index contributed by atoms with van der Waals surface area (Å²) >= 11 is 8.51. The summed E-state index contributed by atoms with van der Waals surface area (Å²) in [4.78, 5) is 24.4. The standard InChI is InChI=1S/C19H20BrN3O2S/c1-3-12(2)21-18(25)14-5-4-6-16(11-14)22-19(26)23-17(24)13-7-9-15(20)10-8-13/h4-12H,3H2,1-2H3,(H,21,25)(H2,22,23,24,26). The zero-order chi connectivity index (χ0) is 19.1. The third-order valence-corrected chi connectivity index (χ3v) is 4.44. The molecule has 5 nitrogen and oxygen atoms in total. The number of carbonyl (C=O) groups is 2. The van der Waals surface area contributed by atoms with Crippen LogP contribution < -0.4 is 16.0 Å². The Bertz CT molecular complexity index is 809. The number of halogens is 1. The topological polar surface area (TPSA) is 70.2 Å². The van der Waals surface area contributed by atoms with E-state index in [1.807, 2.05) is 13.8 Å². The van der Waals surface area contributed by atoms with Crippen molar-refractivity contribution in [3.05, 3.63) is 64.1 Å². The maximum absolute atomic E-state index is 12.2. The molecule has 0 aliphatic rings. The quantitative estimate of drug-likeness (QED) is 0.620. The maximum Gasteiger partial charge on any atom is 0.257 e.